The third-order valence-corrected chi connectivity index (χ3v) is 3.88. The molecular formula is C21H24N2O. The second-order valence-electron chi connectivity index (χ2n) is 6.03. The summed E-state index contributed by atoms with van der Waals surface area (Å²) in [7, 11) is 1.78. The minimum Gasteiger partial charge on any atom is -0.296 e. The lowest BCUT2D eigenvalue weighted by molar-refractivity contribution is -0.112. The zero-order valence-electron chi connectivity index (χ0n) is 14.8. The number of pyridine rings is 1. The molecule has 3 nitrogen and oxygen atoms in total. The average Bonchev–Trinajstić information content (AvgIpc) is 2.52. The number of aromatic nitrogens is 1. The van der Waals surface area contributed by atoms with Crippen LogP contribution in [0.15, 0.2) is 47.5 Å². The number of carbonyl (C=O) groups is 1. The van der Waals surface area contributed by atoms with Crippen LogP contribution in [0.2, 0.25) is 0 Å². The third kappa shape index (κ3) is 4.98. The van der Waals surface area contributed by atoms with Gasteiger partial charge in [-0.3, -0.25) is 14.8 Å². The van der Waals surface area contributed by atoms with Crippen molar-refractivity contribution in [3.63, 3.8) is 0 Å². The standard InChI is InChI=1S/C21H24N2O/c1-15-12-20(23-17(3)21(15)14-22-4)13-19-10-8-18(9-11-19)7-5-6-16(2)24/h5-6,8-12,14H,7,13H2,1-4H3/b6-5+,22-14?. The largest absolute Gasteiger partial charge is 0.296 e. The molecule has 1 aromatic heterocycles. The van der Waals surface area contributed by atoms with Gasteiger partial charge >= 0.3 is 0 Å². The second kappa shape index (κ2) is 8.34. The van der Waals surface area contributed by atoms with Gasteiger partial charge in [-0.05, 0) is 56.0 Å². The average molecular weight is 320 g/mol. The Hall–Kier alpha value is -2.55. The first-order valence-corrected chi connectivity index (χ1v) is 8.14. The number of ketones is 1. The molecule has 0 amide bonds. The number of benzene rings is 1. The molecule has 0 spiro atoms. The van der Waals surface area contributed by atoms with E-state index in [1.807, 2.05) is 19.2 Å². The summed E-state index contributed by atoms with van der Waals surface area (Å²) in [5, 5.41) is 0. The molecular weight excluding hydrogens is 296 g/mol. The van der Waals surface area contributed by atoms with Crippen LogP contribution in [0.5, 0.6) is 0 Å². The fraction of sp³-hybridized carbons (Fsp3) is 0.286. The molecule has 124 valence electrons. The highest BCUT2D eigenvalue weighted by molar-refractivity contribution is 5.87. The fourth-order valence-electron chi connectivity index (χ4n) is 2.70. The van der Waals surface area contributed by atoms with E-state index >= 15 is 0 Å². The Kier molecular flexibility index (Phi) is 6.19. The van der Waals surface area contributed by atoms with Crippen molar-refractivity contribution < 1.29 is 4.79 Å². The van der Waals surface area contributed by atoms with E-state index in [1.165, 1.54) is 16.7 Å². The van der Waals surface area contributed by atoms with Gasteiger partial charge in [-0.1, -0.05) is 30.3 Å². The summed E-state index contributed by atoms with van der Waals surface area (Å²) in [4.78, 5) is 19.7. The maximum absolute atomic E-state index is 10.9. The van der Waals surface area contributed by atoms with E-state index < -0.39 is 0 Å². The van der Waals surface area contributed by atoms with Crippen LogP contribution in [0.25, 0.3) is 0 Å². The molecule has 1 heterocycles. The van der Waals surface area contributed by atoms with E-state index in [0.717, 1.165) is 29.8 Å². The molecule has 0 atom stereocenters. The van der Waals surface area contributed by atoms with Gasteiger partial charge in [0.15, 0.2) is 5.78 Å². The van der Waals surface area contributed by atoms with Crippen LogP contribution in [0.1, 0.15) is 40.6 Å². The Labute approximate surface area is 144 Å². The maximum atomic E-state index is 10.9. The van der Waals surface area contributed by atoms with Gasteiger partial charge in [0.2, 0.25) is 0 Å². The Morgan fingerprint density at radius 1 is 1.17 bits per heavy atom. The summed E-state index contributed by atoms with van der Waals surface area (Å²) in [6.07, 6.45) is 6.98. The quantitative estimate of drug-likeness (QED) is 0.596. The zero-order valence-corrected chi connectivity index (χ0v) is 14.8. The fourth-order valence-corrected chi connectivity index (χ4v) is 2.70. The summed E-state index contributed by atoms with van der Waals surface area (Å²) in [5.74, 6) is 0.0833. The monoisotopic (exact) mass is 320 g/mol. The highest BCUT2D eigenvalue weighted by Gasteiger charge is 2.06. The molecule has 0 saturated carbocycles. The minimum atomic E-state index is 0.0833. The van der Waals surface area contributed by atoms with Gasteiger partial charge in [-0.15, -0.1) is 0 Å². The number of aliphatic imine (C=N–C) groups is 1. The normalized spacial score (nSPS) is 11.5. The predicted molar refractivity (Wildman–Crippen MR) is 100 cm³/mol. The van der Waals surface area contributed by atoms with Crippen molar-refractivity contribution in [2.45, 2.75) is 33.6 Å². The topological polar surface area (TPSA) is 42.3 Å². The summed E-state index contributed by atoms with van der Waals surface area (Å²) in [6, 6.07) is 10.6. The smallest absolute Gasteiger partial charge is 0.152 e. The predicted octanol–water partition coefficient (Wildman–Crippen LogP) is 4.03. The third-order valence-electron chi connectivity index (χ3n) is 3.88. The van der Waals surface area contributed by atoms with Crippen molar-refractivity contribution in [2.24, 2.45) is 4.99 Å². The van der Waals surface area contributed by atoms with Gasteiger partial charge in [-0.2, -0.15) is 0 Å². The minimum absolute atomic E-state index is 0.0833. The summed E-state index contributed by atoms with van der Waals surface area (Å²) in [6.45, 7) is 5.69. The molecule has 0 fully saturated rings. The Morgan fingerprint density at radius 3 is 2.42 bits per heavy atom. The molecule has 24 heavy (non-hydrogen) atoms. The number of hydrogen-bond donors (Lipinski definition) is 0. The molecule has 0 aliphatic carbocycles. The van der Waals surface area contributed by atoms with E-state index in [-0.39, 0.29) is 5.78 Å². The highest BCUT2D eigenvalue weighted by atomic mass is 16.1. The van der Waals surface area contributed by atoms with Crippen molar-refractivity contribution in [2.75, 3.05) is 7.05 Å². The molecule has 0 aliphatic rings. The first kappa shape index (κ1) is 17.8. The van der Waals surface area contributed by atoms with Crippen molar-refractivity contribution in [3.8, 4) is 0 Å². The molecule has 0 bridgehead atoms. The van der Waals surface area contributed by atoms with Gasteiger partial charge in [0.25, 0.3) is 0 Å². The SMILES string of the molecule is CN=Cc1c(C)cc(Cc2ccc(C/C=C/C(C)=O)cc2)nc1C. The van der Waals surface area contributed by atoms with E-state index in [9.17, 15) is 4.79 Å². The van der Waals surface area contributed by atoms with Crippen LogP contribution in [0.3, 0.4) is 0 Å². The molecule has 0 aliphatic heterocycles. The molecule has 1 aromatic carbocycles. The number of carbonyl (C=O) groups excluding carboxylic acids is 1. The van der Waals surface area contributed by atoms with Gasteiger partial charge in [0.1, 0.15) is 0 Å². The molecule has 0 saturated heterocycles. The van der Waals surface area contributed by atoms with Crippen LogP contribution in [0.4, 0.5) is 0 Å². The summed E-state index contributed by atoms with van der Waals surface area (Å²) in [5.41, 5.74) is 6.83. The van der Waals surface area contributed by atoms with Crippen molar-refractivity contribution in [3.05, 3.63) is 76.1 Å². The number of rotatable bonds is 6. The Morgan fingerprint density at radius 2 is 1.83 bits per heavy atom. The van der Waals surface area contributed by atoms with Gasteiger partial charge in [0.05, 0.1) is 0 Å². The van der Waals surface area contributed by atoms with Crippen LogP contribution >= 0.6 is 0 Å². The lowest BCUT2D eigenvalue weighted by atomic mass is 10.0. The number of nitrogens with zero attached hydrogens (tertiary/aromatic N) is 2. The van der Waals surface area contributed by atoms with Crippen molar-refractivity contribution >= 4 is 12.0 Å². The number of aryl methyl sites for hydroxylation is 2. The Bertz CT molecular complexity index is 748. The van der Waals surface area contributed by atoms with Gasteiger partial charge in [0, 0.05) is 36.6 Å². The van der Waals surface area contributed by atoms with Crippen molar-refractivity contribution in [1.82, 2.24) is 4.98 Å². The first-order valence-electron chi connectivity index (χ1n) is 8.14. The van der Waals surface area contributed by atoms with Crippen LogP contribution in [0, 0.1) is 13.8 Å². The lowest BCUT2D eigenvalue weighted by Crippen LogP contribution is -2.01. The first-order chi connectivity index (χ1) is 11.5. The molecule has 3 heteroatoms. The van der Waals surface area contributed by atoms with E-state index in [4.69, 9.17) is 4.98 Å². The zero-order chi connectivity index (χ0) is 17.5. The van der Waals surface area contributed by atoms with E-state index in [2.05, 4.69) is 42.2 Å². The lowest BCUT2D eigenvalue weighted by Gasteiger charge is -2.09. The maximum Gasteiger partial charge on any atom is 0.152 e. The Balaban J connectivity index is 2.10. The van der Waals surface area contributed by atoms with Crippen molar-refractivity contribution in [1.29, 1.82) is 0 Å². The van der Waals surface area contributed by atoms with E-state index in [0.29, 0.717) is 0 Å². The molecule has 2 aromatic rings. The molecule has 2 rings (SSSR count). The summed E-state index contributed by atoms with van der Waals surface area (Å²) < 4.78 is 0. The molecule has 0 radical (unpaired) electrons. The molecule has 0 N–H and O–H groups in total. The highest BCUT2D eigenvalue weighted by Crippen LogP contribution is 2.15. The molecule has 0 unspecified atom stereocenters. The summed E-state index contributed by atoms with van der Waals surface area (Å²) >= 11 is 0. The van der Waals surface area contributed by atoms with Gasteiger partial charge < -0.3 is 0 Å². The van der Waals surface area contributed by atoms with E-state index in [1.54, 1.807) is 20.0 Å². The van der Waals surface area contributed by atoms with Gasteiger partial charge in [-0.25, -0.2) is 0 Å². The van der Waals surface area contributed by atoms with Crippen LogP contribution in [-0.4, -0.2) is 24.0 Å². The van der Waals surface area contributed by atoms with Crippen LogP contribution in [-0.2, 0) is 17.6 Å². The number of hydrogen-bond acceptors (Lipinski definition) is 3. The second-order valence-corrected chi connectivity index (χ2v) is 6.03. The number of allylic oxidation sites excluding steroid dienone is 2. The van der Waals surface area contributed by atoms with Crippen LogP contribution < -0.4 is 0 Å².